The summed E-state index contributed by atoms with van der Waals surface area (Å²) in [5.41, 5.74) is 5.35. The molecule has 23 heavy (non-hydrogen) atoms. The van der Waals surface area contributed by atoms with Crippen molar-refractivity contribution >= 4 is 22.6 Å². The van der Waals surface area contributed by atoms with Gasteiger partial charge in [-0.25, -0.2) is 4.79 Å². The van der Waals surface area contributed by atoms with Crippen molar-refractivity contribution in [2.24, 2.45) is 0 Å². The van der Waals surface area contributed by atoms with Crippen molar-refractivity contribution in [2.75, 3.05) is 5.32 Å². The van der Waals surface area contributed by atoms with Gasteiger partial charge in [-0.15, -0.1) is 0 Å². The second-order valence-corrected chi connectivity index (χ2v) is 5.83. The fraction of sp³-hybridized carbons (Fsp3) is 0.312. The number of carbonyl (C=O) groups excluding carboxylic acids is 1. The highest BCUT2D eigenvalue weighted by molar-refractivity contribution is 6.01. The van der Waals surface area contributed by atoms with Crippen LogP contribution in [0.5, 0.6) is 0 Å². The number of fused-ring (bicyclic) bond motifs is 1. The Labute approximate surface area is 132 Å². The standard InChI is InChI=1S/C16H19N5O2/c1-8-5-12-15(19-16(23)17-12)14(11(8)4)18-13(22)7-21-10(3)6-9(2)20-21/h5-6H,7H2,1-4H3,(H,18,22)(H2,17,19,23). The minimum atomic E-state index is -0.293. The second-order valence-electron chi connectivity index (χ2n) is 5.83. The van der Waals surface area contributed by atoms with Crippen LogP contribution in [0.25, 0.3) is 11.0 Å². The van der Waals surface area contributed by atoms with E-state index >= 15 is 0 Å². The van der Waals surface area contributed by atoms with Crippen LogP contribution in [0, 0.1) is 27.7 Å². The summed E-state index contributed by atoms with van der Waals surface area (Å²) in [5.74, 6) is -0.187. The van der Waals surface area contributed by atoms with E-state index in [1.165, 1.54) is 0 Å². The lowest BCUT2D eigenvalue weighted by atomic mass is 10.1. The third-order valence-electron chi connectivity index (χ3n) is 3.99. The highest BCUT2D eigenvalue weighted by atomic mass is 16.2. The highest BCUT2D eigenvalue weighted by Gasteiger charge is 2.14. The van der Waals surface area contributed by atoms with Gasteiger partial charge >= 0.3 is 5.69 Å². The second kappa shape index (κ2) is 5.42. The van der Waals surface area contributed by atoms with Gasteiger partial charge in [0.2, 0.25) is 5.91 Å². The number of H-pyrrole nitrogens is 2. The van der Waals surface area contributed by atoms with E-state index in [0.29, 0.717) is 16.7 Å². The normalized spacial score (nSPS) is 11.1. The Bertz CT molecular complexity index is 961. The van der Waals surface area contributed by atoms with E-state index in [1.54, 1.807) is 4.68 Å². The van der Waals surface area contributed by atoms with Crippen LogP contribution in [-0.2, 0) is 11.3 Å². The topological polar surface area (TPSA) is 95.6 Å². The average molecular weight is 313 g/mol. The molecule has 0 bridgehead atoms. The highest BCUT2D eigenvalue weighted by Crippen LogP contribution is 2.27. The molecule has 0 aliphatic heterocycles. The quantitative estimate of drug-likeness (QED) is 0.689. The van der Waals surface area contributed by atoms with Gasteiger partial charge in [-0.3, -0.25) is 9.48 Å². The van der Waals surface area contributed by atoms with Gasteiger partial charge in [0.25, 0.3) is 0 Å². The van der Waals surface area contributed by atoms with E-state index in [4.69, 9.17) is 0 Å². The van der Waals surface area contributed by atoms with E-state index in [-0.39, 0.29) is 18.1 Å². The van der Waals surface area contributed by atoms with Crippen LogP contribution in [0.15, 0.2) is 16.9 Å². The summed E-state index contributed by atoms with van der Waals surface area (Å²) in [5, 5.41) is 7.19. The molecule has 2 aromatic heterocycles. The Morgan fingerprint density at radius 1 is 1.22 bits per heavy atom. The van der Waals surface area contributed by atoms with Gasteiger partial charge in [0.15, 0.2) is 0 Å². The average Bonchev–Trinajstić information content (AvgIpc) is 2.97. The number of rotatable bonds is 3. The molecule has 0 spiro atoms. The van der Waals surface area contributed by atoms with Gasteiger partial charge in [-0.2, -0.15) is 5.10 Å². The number of nitrogens with zero attached hydrogens (tertiary/aromatic N) is 2. The minimum absolute atomic E-state index is 0.128. The Hall–Kier alpha value is -2.83. The first kappa shape index (κ1) is 15.1. The molecule has 0 radical (unpaired) electrons. The third kappa shape index (κ3) is 2.77. The van der Waals surface area contributed by atoms with Crippen LogP contribution in [0.4, 0.5) is 5.69 Å². The molecule has 0 saturated carbocycles. The maximum Gasteiger partial charge on any atom is 0.323 e. The number of benzene rings is 1. The maximum absolute atomic E-state index is 12.4. The number of hydrogen-bond donors (Lipinski definition) is 3. The van der Waals surface area contributed by atoms with Gasteiger partial charge < -0.3 is 15.3 Å². The van der Waals surface area contributed by atoms with Crippen LogP contribution in [0.1, 0.15) is 22.5 Å². The molecule has 2 heterocycles. The Balaban J connectivity index is 1.94. The Kier molecular flexibility index (Phi) is 3.55. The van der Waals surface area contributed by atoms with Crippen molar-refractivity contribution in [3.63, 3.8) is 0 Å². The van der Waals surface area contributed by atoms with Gasteiger partial charge in [0.05, 0.1) is 22.4 Å². The summed E-state index contributed by atoms with van der Waals surface area (Å²) in [6, 6.07) is 3.81. The SMILES string of the molecule is Cc1cc(C)n(CC(=O)Nc2c(C)c(C)cc3[nH]c(=O)[nH]c23)n1. The summed E-state index contributed by atoms with van der Waals surface area (Å²) in [6.07, 6.45) is 0. The van der Waals surface area contributed by atoms with Crippen LogP contribution < -0.4 is 11.0 Å². The summed E-state index contributed by atoms with van der Waals surface area (Å²) in [4.78, 5) is 29.4. The summed E-state index contributed by atoms with van der Waals surface area (Å²) in [7, 11) is 0. The zero-order valence-corrected chi connectivity index (χ0v) is 13.6. The van der Waals surface area contributed by atoms with E-state index in [9.17, 15) is 9.59 Å². The first-order valence-electron chi connectivity index (χ1n) is 7.38. The molecule has 3 N–H and O–H groups in total. The number of aromatic amines is 2. The fourth-order valence-electron chi connectivity index (χ4n) is 2.72. The zero-order valence-electron chi connectivity index (χ0n) is 13.6. The number of aryl methyl sites for hydroxylation is 3. The fourth-order valence-corrected chi connectivity index (χ4v) is 2.72. The largest absolute Gasteiger partial charge is 0.323 e. The summed E-state index contributed by atoms with van der Waals surface area (Å²) >= 11 is 0. The molecule has 0 unspecified atom stereocenters. The molecule has 7 nitrogen and oxygen atoms in total. The number of hydrogen-bond acceptors (Lipinski definition) is 3. The lowest BCUT2D eigenvalue weighted by molar-refractivity contribution is -0.116. The van der Waals surface area contributed by atoms with E-state index < -0.39 is 0 Å². The van der Waals surface area contributed by atoms with Crippen molar-refractivity contribution < 1.29 is 4.79 Å². The molecule has 1 amide bonds. The number of aromatic nitrogens is 4. The Morgan fingerprint density at radius 3 is 2.61 bits per heavy atom. The van der Waals surface area contributed by atoms with Crippen LogP contribution in [0.2, 0.25) is 0 Å². The van der Waals surface area contributed by atoms with Crippen molar-refractivity contribution in [1.29, 1.82) is 0 Å². The van der Waals surface area contributed by atoms with Crippen molar-refractivity contribution in [3.05, 3.63) is 45.1 Å². The molecule has 0 fully saturated rings. The predicted octanol–water partition coefficient (Wildman–Crippen LogP) is 1.93. The molecule has 0 saturated heterocycles. The number of amides is 1. The van der Waals surface area contributed by atoms with Crippen LogP contribution >= 0.6 is 0 Å². The third-order valence-corrected chi connectivity index (χ3v) is 3.99. The maximum atomic E-state index is 12.4. The van der Waals surface area contributed by atoms with Crippen molar-refractivity contribution in [2.45, 2.75) is 34.2 Å². The summed E-state index contributed by atoms with van der Waals surface area (Å²) < 4.78 is 1.66. The lowest BCUT2D eigenvalue weighted by Crippen LogP contribution is -2.21. The molecule has 120 valence electrons. The minimum Gasteiger partial charge on any atom is -0.322 e. The van der Waals surface area contributed by atoms with Gasteiger partial charge in [-0.1, -0.05) is 0 Å². The molecular weight excluding hydrogens is 294 g/mol. The van der Waals surface area contributed by atoms with E-state index in [1.807, 2.05) is 39.8 Å². The zero-order chi connectivity index (χ0) is 16.7. The van der Waals surface area contributed by atoms with Gasteiger partial charge in [0.1, 0.15) is 6.54 Å². The molecule has 0 aliphatic carbocycles. The van der Waals surface area contributed by atoms with Crippen molar-refractivity contribution in [3.8, 4) is 0 Å². The van der Waals surface area contributed by atoms with Crippen LogP contribution in [0.3, 0.4) is 0 Å². The van der Waals surface area contributed by atoms with Gasteiger partial charge in [-0.05, 0) is 51.0 Å². The molecule has 1 aromatic carbocycles. The lowest BCUT2D eigenvalue weighted by Gasteiger charge is -2.12. The molecule has 3 aromatic rings. The molecule has 7 heteroatoms. The summed E-state index contributed by atoms with van der Waals surface area (Å²) in [6.45, 7) is 7.78. The number of carbonyl (C=O) groups is 1. The van der Waals surface area contributed by atoms with Crippen molar-refractivity contribution in [1.82, 2.24) is 19.7 Å². The monoisotopic (exact) mass is 313 g/mol. The molecule has 0 atom stereocenters. The molecule has 3 rings (SSSR count). The number of imidazole rings is 1. The predicted molar refractivity (Wildman–Crippen MR) is 88.7 cm³/mol. The first-order valence-corrected chi connectivity index (χ1v) is 7.38. The first-order chi connectivity index (χ1) is 10.8. The van der Waals surface area contributed by atoms with E-state index in [0.717, 1.165) is 22.5 Å². The molecule has 0 aliphatic rings. The number of anilines is 1. The number of nitrogens with one attached hydrogen (secondary N) is 3. The van der Waals surface area contributed by atoms with Gasteiger partial charge in [0, 0.05) is 5.69 Å². The molecular formula is C16H19N5O2. The smallest absolute Gasteiger partial charge is 0.322 e. The van der Waals surface area contributed by atoms with E-state index in [2.05, 4.69) is 20.4 Å². The Morgan fingerprint density at radius 2 is 1.96 bits per heavy atom. The van der Waals surface area contributed by atoms with Crippen LogP contribution in [-0.4, -0.2) is 25.7 Å².